The Morgan fingerprint density at radius 1 is 1.12 bits per heavy atom. The summed E-state index contributed by atoms with van der Waals surface area (Å²) >= 11 is 6.19. The monoisotopic (exact) mass is 470 g/mol. The molecule has 0 aliphatic carbocycles. The average molecular weight is 471 g/mol. The quantitative estimate of drug-likeness (QED) is 0.641. The Kier molecular flexibility index (Phi) is 6.77. The van der Waals surface area contributed by atoms with Crippen LogP contribution in [0.4, 0.5) is 10.3 Å². The second kappa shape index (κ2) is 9.74. The van der Waals surface area contributed by atoms with Crippen LogP contribution in [0.5, 0.6) is 0 Å². The van der Waals surface area contributed by atoms with E-state index in [-0.39, 0.29) is 24.0 Å². The van der Waals surface area contributed by atoms with Crippen LogP contribution < -0.4 is 5.73 Å². The van der Waals surface area contributed by atoms with Gasteiger partial charge in [0.15, 0.2) is 25.0 Å². The molecule has 176 valence electrons. The molecule has 0 radical (unpaired) electrons. The predicted molar refractivity (Wildman–Crippen MR) is 114 cm³/mol. The van der Waals surface area contributed by atoms with Crippen LogP contribution >= 0.6 is 11.6 Å². The zero-order chi connectivity index (χ0) is 22.1. The lowest BCUT2D eigenvalue weighted by Crippen LogP contribution is -2.40. The third kappa shape index (κ3) is 4.57. The molecular formula is C21H28ClFN4O5. The molecule has 2 N–H and O–H groups in total. The maximum atomic E-state index is 15.8. The molecule has 2 aromatic heterocycles. The van der Waals surface area contributed by atoms with Gasteiger partial charge < -0.3 is 34.0 Å². The van der Waals surface area contributed by atoms with Crippen molar-refractivity contribution in [3.8, 4) is 0 Å². The summed E-state index contributed by atoms with van der Waals surface area (Å²) in [6, 6.07) is 1.72. The van der Waals surface area contributed by atoms with Gasteiger partial charge in [-0.3, -0.25) is 0 Å². The topological polar surface area (TPSA) is 103 Å². The van der Waals surface area contributed by atoms with Gasteiger partial charge in [-0.25, -0.2) is 9.37 Å². The Morgan fingerprint density at radius 3 is 2.59 bits per heavy atom. The Hall–Kier alpha value is -1.56. The molecule has 3 fully saturated rings. The number of rotatable bonds is 6. The summed E-state index contributed by atoms with van der Waals surface area (Å²) in [6.45, 7) is 1.42. The molecule has 2 aromatic rings. The van der Waals surface area contributed by atoms with E-state index >= 15 is 4.39 Å². The largest absolute Gasteiger partial charge is 0.368 e. The Balaban J connectivity index is 1.37. The number of fused-ring (bicyclic) bond motifs is 1. The standard InChI is InChI=1S/C21H28ClFN4O5/c22-18-12-7-8-27(19(12)26-21(24)25-18)20-16(23)17(32-15-6-2-4-10-29-15)13(31-20)11-30-14-5-1-3-9-28-14/h7-8,13-17,20H,1-6,9-11H2,(H2,24,25,26)/t13-,14?,15?,16+,17-,20-/m1/s1. The van der Waals surface area contributed by atoms with E-state index in [1.54, 1.807) is 16.8 Å². The highest BCUT2D eigenvalue weighted by molar-refractivity contribution is 6.34. The van der Waals surface area contributed by atoms with E-state index in [4.69, 9.17) is 41.0 Å². The van der Waals surface area contributed by atoms with E-state index in [0.29, 0.717) is 24.2 Å². The molecular weight excluding hydrogens is 443 g/mol. The lowest BCUT2D eigenvalue weighted by molar-refractivity contribution is -0.220. The Bertz CT molecular complexity index is 921. The van der Waals surface area contributed by atoms with Gasteiger partial charge in [-0.15, -0.1) is 0 Å². The van der Waals surface area contributed by atoms with Crippen molar-refractivity contribution in [2.45, 2.75) is 75.7 Å². The zero-order valence-corrected chi connectivity index (χ0v) is 18.5. The van der Waals surface area contributed by atoms with E-state index in [1.807, 2.05) is 0 Å². The molecule has 0 saturated carbocycles. The van der Waals surface area contributed by atoms with Gasteiger partial charge in [0.1, 0.15) is 23.0 Å². The highest BCUT2D eigenvalue weighted by atomic mass is 35.5. The van der Waals surface area contributed by atoms with Gasteiger partial charge in [-0.1, -0.05) is 11.6 Å². The van der Waals surface area contributed by atoms with Crippen molar-refractivity contribution >= 4 is 28.6 Å². The van der Waals surface area contributed by atoms with Crippen molar-refractivity contribution in [1.29, 1.82) is 0 Å². The van der Waals surface area contributed by atoms with E-state index in [9.17, 15) is 0 Å². The van der Waals surface area contributed by atoms with Gasteiger partial charge in [-0.2, -0.15) is 4.98 Å². The van der Waals surface area contributed by atoms with Gasteiger partial charge in [0.25, 0.3) is 0 Å². The van der Waals surface area contributed by atoms with Gasteiger partial charge in [0.2, 0.25) is 5.95 Å². The molecule has 0 spiro atoms. The van der Waals surface area contributed by atoms with Crippen LogP contribution in [-0.4, -0.2) is 65.3 Å². The van der Waals surface area contributed by atoms with Crippen LogP contribution in [-0.2, 0) is 23.7 Å². The van der Waals surface area contributed by atoms with Crippen LogP contribution in [0.3, 0.4) is 0 Å². The number of nitrogen functional groups attached to an aromatic ring is 1. The van der Waals surface area contributed by atoms with Crippen LogP contribution in [0.25, 0.3) is 11.0 Å². The number of ether oxygens (including phenoxy) is 5. The molecule has 5 rings (SSSR count). The number of alkyl halides is 1. The molecule has 9 nitrogen and oxygen atoms in total. The van der Waals surface area contributed by atoms with Crippen molar-refractivity contribution in [2.24, 2.45) is 0 Å². The molecule has 3 aliphatic rings. The summed E-state index contributed by atoms with van der Waals surface area (Å²) in [5, 5.41) is 0.775. The number of halogens is 2. The fourth-order valence-electron chi connectivity index (χ4n) is 4.47. The van der Waals surface area contributed by atoms with Gasteiger partial charge in [0, 0.05) is 19.4 Å². The average Bonchev–Trinajstić information content (AvgIpc) is 3.35. The molecule has 3 saturated heterocycles. The summed E-state index contributed by atoms with van der Waals surface area (Å²) in [5.74, 6) is 0.00795. The van der Waals surface area contributed by atoms with Gasteiger partial charge in [0.05, 0.1) is 12.0 Å². The number of hydrogen-bond acceptors (Lipinski definition) is 8. The molecule has 3 aliphatic heterocycles. The van der Waals surface area contributed by atoms with Crippen molar-refractivity contribution in [1.82, 2.24) is 14.5 Å². The molecule has 11 heteroatoms. The number of anilines is 1. The smallest absolute Gasteiger partial charge is 0.223 e. The normalized spacial score (nSPS) is 33.7. The Morgan fingerprint density at radius 2 is 1.88 bits per heavy atom. The summed E-state index contributed by atoms with van der Waals surface area (Å²) < 4.78 is 46.8. The van der Waals surface area contributed by atoms with E-state index in [2.05, 4.69) is 9.97 Å². The maximum Gasteiger partial charge on any atom is 0.223 e. The van der Waals surface area contributed by atoms with Crippen molar-refractivity contribution in [3.63, 3.8) is 0 Å². The van der Waals surface area contributed by atoms with Crippen LogP contribution in [0.1, 0.15) is 44.8 Å². The van der Waals surface area contributed by atoms with Crippen LogP contribution in [0.15, 0.2) is 12.3 Å². The molecule has 5 heterocycles. The van der Waals surface area contributed by atoms with Gasteiger partial charge in [-0.05, 0) is 44.6 Å². The van der Waals surface area contributed by atoms with Crippen LogP contribution in [0, 0.1) is 0 Å². The lowest BCUT2D eigenvalue weighted by Gasteiger charge is -2.29. The number of nitrogens with zero attached hydrogens (tertiary/aromatic N) is 3. The minimum atomic E-state index is -1.48. The minimum absolute atomic E-state index is 0.00795. The molecule has 6 atom stereocenters. The minimum Gasteiger partial charge on any atom is -0.368 e. The van der Waals surface area contributed by atoms with Crippen molar-refractivity contribution < 1.29 is 28.1 Å². The van der Waals surface area contributed by atoms with E-state index in [1.165, 1.54) is 0 Å². The number of hydrogen-bond donors (Lipinski definition) is 1. The first-order valence-corrected chi connectivity index (χ1v) is 11.6. The fraction of sp³-hybridized carbons (Fsp3) is 0.714. The lowest BCUT2D eigenvalue weighted by atomic mass is 10.1. The summed E-state index contributed by atoms with van der Waals surface area (Å²) in [6.07, 6.45) is 2.48. The first kappa shape index (κ1) is 22.2. The molecule has 0 amide bonds. The highest BCUT2D eigenvalue weighted by Crippen LogP contribution is 2.38. The Labute approximate surface area is 190 Å². The summed E-state index contributed by atoms with van der Waals surface area (Å²) in [4.78, 5) is 8.20. The van der Waals surface area contributed by atoms with E-state index < -0.39 is 30.9 Å². The number of aromatic nitrogens is 3. The molecule has 32 heavy (non-hydrogen) atoms. The summed E-state index contributed by atoms with van der Waals surface area (Å²) in [5.41, 5.74) is 6.17. The zero-order valence-electron chi connectivity index (χ0n) is 17.7. The van der Waals surface area contributed by atoms with E-state index in [0.717, 1.165) is 38.5 Å². The first-order chi connectivity index (χ1) is 15.6. The van der Waals surface area contributed by atoms with Crippen molar-refractivity contribution in [2.75, 3.05) is 25.6 Å². The fourth-order valence-corrected chi connectivity index (χ4v) is 4.71. The van der Waals surface area contributed by atoms with Crippen LogP contribution in [0.2, 0.25) is 5.15 Å². The third-order valence-electron chi connectivity index (χ3n) is 6.11. The second-order valence-electron chi connectivity index (χ2n) is 8.37. The maximum absolute atomic E-state index is 15.8. The first-order valence-electron chi connectivity index (χ1n) is 11.2. The highest BCUT2D eigenvalue weighted by Gasteiger charge is 2.49. The molecule has 0 bridgehead atoms. The SMILES string of the molecule is Nc1nc(Cl)c2ccn([C@@H]3O[C@H](COC4CCCCO4)[C@@H](OC4CCCCO4)[C@@H]3F)c2n1. The second-order valence-corrected chi connectivity index (χ2v) is 8.73. The molecule has 2 unspecified atom stereocenters. The van der Waals surface area contributed by atoms with Crippen molar-refractivity contribution in [3.05, 3.63) is 17.4 Å². The van der Waals surface area contributed by atoms with Gasteiger partial charge >= 0.3 is 0 Å². The molecule has 0 aromatic carbocycles. The predicted octanol–water partition coefficient (Wildman–Crippen LogP) is 3.36. The number of nitrogens with two attached hydrogens (primary N) is 1. The third-order valence-corrected chi connectivity index (χ3v) is 6.40. The summed E-state index contributed by atoms with van der Waals surface area (Å²) in [7, 11) is 0.